The van der Waals surface area contributed by atoms with E-state index in [9.17, 15) is 0 Å². The number of nitrogens with zero attached hydrogens (tertiary/aromatic N) is 2. The predicted octanol–water partition coefficient (Wildman–Crippen LogP) is 1.72. The Kier molecular flexibility index (Phi) is 4.96. The highest BCUT2D eigenvalue weighted by Crippen LogP contribution is 2.11. The van der Waals surface area contributed by atoms with Crippen LogP contribution in [0.5, 0.6) is 0 Å². The Labute approximate surface area is 98.0 Å². The van der Waals surface area contributed by atoms with Crippen LogP contribution >= 0.6 is 0 Å². The van der Waals surface area contributed by atoms with Gasteiger partial charge in [0.05, 0.1) is 5.69 Å². The number of likely N-dealkylation sites (N-methyl/N-ethyl adjacent to an activating group) is 1. The summed E-state index contributed by atoms with van der Waals surface area (Å²) in [6, 6.07) is 0.584. The predicted molar refractivity (Wildman–Crippen MR) is 65.4 cm³/mol. The molecule has 0 aliphatic heterocycles. The van der Waals surface area contributed by atoms with Crippen LogP contribution < -0.4 is 5.32 Å². The molecule has 1 heterocycles. The minimum Gasteiger partial charge on any atom is -0.361 e. The van der Waals surface area contributed by atoms with Crippen LogP contribution in [-0.4, -0.2) is 36.7 Å². The number of aryl methyl sites for hydroxylation is 2. The smallest absolute Gasteiger partial charge is 0.138 e. The van der Waals surface area contributed by atoms with E-state index >= 15 is 0 Å². The van der Waals surface area contributed by atoms with E-state index in [4.69, 9.17) is 4.52 Å². The van der Waals surface area contributed by atoms with Crippen molar-refractivity contribution in [3.8, 4) is 0 Å². The van der Waals surface area contributed by atoms with Crippen molar-refractivity contribution >= 4 is 0 Å². The van der Waals surface area contributed by atoms with Gasteiger partial charge in [-0.25, -0.2) is 0 Å². The second-order valence-corrected chi connectivity index (χ2v) is 4.46. The van der Waals surface area contributed by atoms with Gasteiger partial charge < -0.3 is 14.7 Å². The molecule has 0 aliphatic rings. The number of rotatable bonds is 6. The summed E-state index contributed by atoms with van der Waals surface area (Å²) in [6.45, 7) is 7.98. The second kappa shape index (κ2) is 6.01. The zero-order chi connectivity index (χ0) is 12.1. The number of hydrogen-bond acceptors (Lipinski definition) is 4. The molecule has 1 aromatic rings. The van der Waals surface area contributed by atoms with Crippen LogP contribution in [0.3, 0.4) is 0 Å². The van der Waals surface area contributed by atoms with E-state index in [0.29, 0.717) is 6.04 Å². The third kappa shape index (κ3) is 3.32. The SMILES string of the molecule is CCC(CNCc1c(C)noc1C)N(C)C. The molecular weight excluding hydrogens is 202 g/mol. The number of hydrogen-bond donors (Lipinski definition) is 1. The third-order valence-electron chi connectivity index (χ3n) is 3.06. The molecule has 0 fully saturated rings. The van der Waals surface area contributed by atoms with Crippen molar-refractivity contribution in [2.24, 2.45) is 0 Å². The Morgan fingerprint density at radius 3 is 2.50 bits per heavy atom. The molecule has 4 heteroatoms. The Morgan fingerprint density at radius 1 is 1.38 bits per heavy atom. The molecule has 0 saturated carbocycles. The van der Waals surface area contributed by atoms with Crippen LogP contribution in [0.4, 0.5) is 0 Å². The van der Waals surface area contributed by atoms with Gasteiger partial charge in [-0.1, -0.05) is 12.1 Å². The molecule has 1 aromatic heterocycles. The molecule has 0 aliphatic carbocycles. The van der Waals surface area contributed by atoms with E-state index in [1.165, 1.54) is 5.56 Å². The molecule has 0 radical (unpaired) electrons. The van der Waals surface area contributed by atoms with E-state index in [1.807, 2.05) is 13.8 Å². The number of nitrogens with one attached hydrogen (secondary N) is 1. The average molecular weight is 225 g/mol. The summed E-state index contributed by atoms with van der Waals surface area (Å²) >= 11 is 0. The molecule has 1 rings (SSSR count). The molecule has 1 N–H and O–H groups in total. The fraction of sp³-hybridized carbons (Fsp3) is 0.750. The maximum Gasteiger partial charge on any atom is 0.138 e. The van der Waals surface area contributed by atoms with Gasteiger partial charge in [-0.2, -0.15) is 0 Å². The molecular formula is C12H23N3O. The molecule has 1 unspecified atom stereocenters. The third-order valence-corrected chi connectivity index (χ3v) is 3.06. The molecule has 0 bridgehead atoms. The topological polar surface area (TPSA) is 41.3 Å². The fourth-order valence-corrected chi connectivity index (χ4v) is 1.81. The van der Waals surface area contributed by atoms with Crippen molar-refractivity contribution in [2.75, 3.05) is 20.6 Å². The van der Waals surface area contributed by atoms with Crippen LogP contribution in [0, 0.1) is 13.8 Å². The molecule has 0 spiro atoms. The van der Waals surface area contributed by atoms with Crippen molar-refractivity contribution in [3.63, 3.8) is 0 Å². The van der Waals surface area contributed by atoms with Gasteiger partial charge >= 0.3 is 0 Å². The Balaban J connectivity index is 2.41. The molecule has 4 nitrogen and oxygen atoms in total. The molecule has 0 amide bonds. The second-order valence-electron chi connectivity index (χ2n) is 4.46. The minimum atomic E-state index is 0.584. The fourth-order valence-electron chi connectivity index (χ4n) is 1.81. The minimum absolute atomic E-state index is 0.584. The van der Waals surface area contributed by atoms with Crippen LogP contribution in [0.2, 0.25) is 0 Å². The van der Waals surface area contributed by atoms with Crippen LogP contribution in [0.1, 0.15) is 30.4 Å². The van der Waals surface area contributed by atoms with Crippen LogP contribution in [0.25, 0.3) is 0 Å². The zero-order valence-corrected chi connectivity index (χ0v) is 11.0. The van der Waals surface area contributed by atoms with E-state index in [-0.39, 0.29) is 0 Å². The lowest BCUT2D eigenvalue weighted by atomic mass is 10.2. The molecule has 0 aromatic carbocycles. The first-order chi connectivity index (χ1) is 7.56. The summed E-state index contributed by atoms with van der Waals surface area (Å²) < 4.78 is 5.13. The Morgan fingerprint density at radius 2 is 2.06 bits per heavy atom. The van der Waals surface area contributed by atoms with Crippen LogP contribution in [0.15, 0.2) is 4.52 Å². The van der Waals surface area contributed by atoms with Gasteiger partial charge in [-0.3, -0.25) is 0 Å². The summed E-state index contributed by atoms with van der Waals surface area (Å²) in [5.74, 6) is 0.919. The first-order valence-electron chi connectivity index (χ1n) is 5.85. The van der Waals surface area contributed by atoms with Gasteiger partial charge in [0.15, 0.2) is 0 Å². The monoisotopic (exact) mass is 225 g/mol. The molecule has 1 atom stereocenters. The van der Waals surface area contributed by atoms with Gasteiger partial charge in [0.25, 0.3) is 0 Å². The number of aromatic nitrogens is 1. The van der Waals surface area contributed by atoms with Gasteiger partial charge in [0.2, 0.25) is 0 Å². The Bertz CT molecular complexity index is 301. The van der Waals surface area contributed by atoms with Crippen molar-refractivity contribution < 1.29 is 4.52 Å². The van der Waals surface area contributed by atoms with Gasteiger partial charge in [-0.15, -0.1) is 0 Å². The Hall–Kier alpha value is -0.870. The zero-order valence-electron chi connectivity index (χ0n) is 11.0. The summed E-state index contributed by atoms with van der Waals surface area (Å²) in [7, 11) is 4.23. The van der Waals surface area contributed by atoms with Crippen LogP contribution in [-0.2, 0) is 6.54 Å². The summed E-state index contributed by atoms with van der Waals surface area (Å²) in [6.07, 6.45) is 1.15. The lowest BCUT2D eigenvalue weighted by molar-refractivity contribution is 0.275. The van der Waals surface area contributed by atoms with E-state index in [2.05, 4.69) is 36.4 Å². The first-order valence-corrected chi connectivity index (χ1v) is 5.85. The lowest BCUT2D eigenvalue weighted by Gasteiger charge is -2.23. The normalized spacial score (nSPS) is 13.4. The summed E-state index contributed by atoms with van der Waals surface area (Å²) in [5.41, 5.74) is 2.18. The van der Waals surface area contributed by atoms with Gasteiger partial charge in [0, 0.05) is 24.7 Å². The highest BCUT2D eigenvalue weighted by molar-refractivity contribution is 5.20. The lowest BCUT2D eigenvalue weighted by Crippen LogP contribution is -2.37. The average Bonchev–Trinajstić information content (AvgIpc) is 2.54. The van der Waals surface area contributed by atoms with Crippen molar-refractivity contribution in [3.05, 3.63) is 17.0 Å². The highest BCUT2D eigenvalue weighted by Gasteiger charge is 2.11. The molecule has 0 saturated heterocycles. The largest absolute Gasteiger partial charge is 0.361 e. The maximum absolute atomic E-state index is 5.13. The first kappa shape index (κ1) is 13.2. The summed E-state index contributed by atoms with van der Waals surface area (Å²) in [4.78, 5) is 2.25. The van der Waals surface area contributed by atoms with Gasteiger partial charge in [-0.05, 0) is 34.4 Å². The van der Waals surface area contributed by atoms with E-state index in [0.717, 1.165) is 31.0 Å². The quantitative estimate of drug-likeness (QED) is 0.800. The van der Waals surface area contributed by atoms with E-state index < -0.39 is 0 Å². The van der Waals surface area contributed by atoms with Crippen molar-refractivity contribution in [2.45, 2.75) is 39.8 Å². The van der Waals surface area contributed by atoms with Crippen molar-refractivity contribution in [1.29, 1.82) is 0 Å². The molecule has 16 heavy (non-hydrogen) atoms. The molecule has 92 valence electrons. The standard InChI is InChI=1S/C12H23N3O/c1-6-11(15(4)5)7-13-8-12-9(2)14-16-10(12)3/h11,13H,6-8H2,1-5H3. The van der Waals surface area contributed by atoms with Gasteiger partial charge in [0.1, 0.15) is 5.76 Å². The van der Waals surface area contributed by atoms with Crippen molar-refractivity contribution in [1.82, 2.24) is 15.4 Å². The summed E-state index contributed by atoms with van der Waals surface area (Å²) in [5, 5.41) is 7.40. The highest BCUT2D eigenvalue weighted by atomic mass is 16.5. The maximum atomic E-state index is 5.13. The van der Waals surface area contributed by atoms with E-state index in [1.54, 1.807) is 0 Å².